The van der Waals surface area contributed by atoms with Gasteiger partial charge in [-0.05, 0) is 61.4 Å². The number of imidazole rings is 1. The Labute approximate surface area is 193 Å². The van der Waals surface area contributed by atoms with E-state index >= 15 is 0 Å². The van der Waals surface area contributed by atoms with Gasteiger partial charge >= 0.3 is 6.18 Å². The van der Waals surface area contributed by atoms with Gasteiger partial charge in [-0.1, -0.05) is 12.1 Å². The summed E-state index contributed by atoms with van der Waals surface area (Å²) in [6, 6.07) is 13.5. The fraction of sp³-hybridized carbons (Fsp3) is 0.120. The van der Waals surface area contributed by atoms with Crippen molar-refractivity contribution < 1.29 is 13.2 Å². The van der Waals surface area contributed by atoms with E-state index in [9.17, 15) is 13.2 Å². The highest BCUT2D eigenvalue weighted by Crippen LogP contribution is 2.35. The van der Waals surface area contributed by atoms with Gasteiger partial charge in [-0.15, -0.1) is 0 Å². The molecule has 0 radical (unpaired) electrons. The summed E-state index contributed by atoms with van der Waals surface area (Å²) in [7, 11) is 0. The third-order valence-corrected chi connectivity index (χ3v) is 5.50. The van der Waals surface area contributed by atoms with Crippen molar-refractivity contribution in [1.29, 1.82) is 0 Å². The van der Waals surface area contributed by atoms with Crippen molar-refractivity contribution in [3.05, 3.63) is 83.8 Å². The van der Waals surface area contributed by atoms with Crippen molar-refractivity contribution in [3.63, 3.8) is 0 Å². The molecule has 2 aromatic carbocycles. The number of H-pyrrole nitrogens is 1. The molecule has 0 saturated heterocycles. The monoisotopic (exact) mass is 460 g/mol. The first-order chi connectivity index (χ1) is 16.3. The fourth-order valence-corrected chi connectivity index (χ4v) is 3.72. The van der Waals surface area contributed by atoms with Crippen LogP contribution in [0.5, 0.6) is 0 Å². The molecule has 0 fully saturated rings. The van der Waals surface area contributed by atoms with Gasteiger partial charge in [-0.2, -0.15) is 13.2 Å². The zero-order chi connectivity index (χ0) is 23.9. The van der Waals surface area contributed by atoms with Crippen LogP contribution in [0.3, 0.4) is 0 Å². The second-order valence-electron chi connectivity index (χ2n) is 7.93. The van der Waals surface area contributed by atoms with Crippen molar-refractivity contribution in [2.45, 2.75) is 20.0 Å². The van der Waals surface area contributed by atoms with E-state index in [0.717, 1.165) is 28.6 Å². The van der Waals surface area contributed by atoms with Gasteiger partial charge in [0.2, 0.25) is 5.95 Å². The fourth-order valence-electron chi connectivity index (χ4n) is 3.72. The Bertz CT molecular complexity index is 1490. The maximum Gasteiger partial charge on any atom is 0.416 e. The van der Waals surface area contributed by atoms with E-state index in [2.05, 4.69) is 30.2 Å². The van der Waals surface area contributed by atoms with Gasteiger partial charge in [0.1, 0.15) is 5.82 Å². The molecule has 0 saturated carbocycles. The topological polar surface area (TPSA) is 79.4 Å². The minimum atomic E-state index is -4.43. The maximum atomic E-state index is 13.3. The van der Waals surface area contributed by atoms with Gasteiger partial charge in [0.25, 0.3) is 0 Å². The van der Waals surface area contributed by atoms with Crippen molar-refractivity contribution in [3.8, 4) is 22.6 Å². The number of nitrogens with one attached hydrogen (secondary N) is 2. The Kier molecular flexibility index (Phi) is 5.24. The van der Waals surface area contributed by atoms with Crippen LogP contribution in [0.15, 0.2) is 67.1 Å². The largest absolute Gasteiger partial charge is 0.416 e. The van der Waals surface area contributed by atoms with Crippen LogP contribution in [-0.2, 0) is 6.18 Å². The van der Waals surface area contributed by atoms with E-state index in [1.54, 1.807) is 30.7 Å². The molecule has 0 unspecified atom stereocenters. The SMILES string of the molecule is Cc1cc2nc(-c3ccc(C)c(C(F)(F)F)c3)[nH]c2cc1Nc1nccc(-c2cccnc2)n1. The highest BCUT2D eigenvalue weighted by molar-refractivity contribution is 5.85. The number of fused-ring (bicyclic) bond motifs is 1. The van der Waals surface area contributed by atoms with Crippen molar-refractivity contribution >= 4 is 22.7 Å². The Morgan fingerprint density at radius 2 is 1.74 bits per heavy atom. The first-order valence-electron chi connectivity index (χ1n) is 10.5. The molecule has 0 aliphatic carbocycles. The molecule has 3 heterocycles. The van der Waals surface area contributed by atoms with Crippen LogP contribution in [0.4, 0.5) is 24.8 Å². The van der Waals surface area contributed by atoms with Crippen LogP contribution in [0, 0.1) is 13.8 Å². The molecule has 0 aliphatic rings. The molecule has 0 spiro atoms. The van der Waals surface area contributed by atoms with E-state index in [1.165, 1.54) is 13.0 Å². The van der Waals surface area contributed by atoms with Crippen LogP contribution >= 0.6 is 0 Å². The Balaban J connectivity index is 1.48. The Hall–Kier alpha value is -4.27. The van der Waals surface area contributed by atoms with Crippen LogP contribution < -0.4 is 5.32 Å². The van der Waals surface area contributed by atoms with Crippen LogP contribution in [0.1, 0.15) is 16.7 Å². The summed E-state index contributed by atoms with van der Waals surface area (Å²) in [6.07, 6.45) is 0.659. The van der Waals surface area contributed by atoms with Gasteiger partial charge in [0, 0.05) is 35.4 Å². The number of hydrogen-bond acceptors (Lipinski definition) is 5. The minimum Gasteiger partial charge on any atom is -0.338 e. The Morgan fingerprint density at radius 1 is 0.882 bits per heavy atom. The third-order valence-electron chi connectivity index (χ3n) is 5.50. The number of benzene rings is 2. The second-order valence-corrected chi connectivity index (χ2v) is 7.93. The zero-order valence-corrected chi connectivity index (χ0v) is 18.3. The number of hydrogen-bond donors (Lipinski definition) is 2. The number of alkyl halides is 3. The van der Waals surface area contributed by atoms with Crippen molar-refractivity contribution in [2.75, 3.05) is 5.32 Å². The second kappa shape index (κ2) is 8.26. The highest BCUT2D eigenvalue weighted by atomic mass is 19.4. The Morgan fingerprint density at radius 3 is 2.50 bits per heavy atom. The number of anilines is 2. The average Bonchev–Trinajstić information content (AvgIpc) is 3.22. The number of halogens is 3. The number of rotatable bonds is 4. The van der Waals surface area contributed by atoms with Gasteiger partial charge in [-0.25, -0.2) is 15.0 Å². The van der Waals surface area contributed by atoms with Crippen LogP contribution in [0.2, 0.25) is 0 Å². The first kappa shape index (κ1) is 21.6. The van der Waals surface area contributed by atoms with Gasteiger partial charge in [-0.3, -0.25) is 4.98 Å². The molecule has 0 amide bonds. The van der Waals surface area contributed by atoms with E-state index in [0.29, 0.717) is 28.4 Å². The summed E-state index contributed by atoms with van der Waals surface area (Å²) in [6.45, 7) is 3.35. The van der Waals surface area contributed by atoms with E-state index in [-0.39, 0.29) is 5.56 Å². The number of nitrogens with zero attached hydrogens (tertiary/aromatic N) is 4. The lowest BCUT2D eigenvalue weighted by Gasteiger charge is -2.11. The summed E-state index contributed by atoms with van der Waals surface area (Å²) in [5.74, 6) is 0.781. The molecule has 0 bridgehead atoms. The number of aromatic nitrogens is 5. The summed E-state index contributed by atoms with van der Waals surface area (Å²) in [5.41, 5.74) is 4.44. The molecule has 9 heteroatoms. The summed E-state index contributed by atoms with van der Waals surface area (Å²) in [4.78, 5) is 20.6. The summed E-state index contributed by atoms with van der Waals surface area (Å²) >= 11 is 0. The minimum absolute atomic E-state index is 0.170. The van der Waals surface area contributed by atoms with Gasteiger partial charge in [0.05, 0.1) is 22.3 Å². The van der Waals surface area contributed by atoms with E-state index < -0.39 is 11.7 Å². The van der Waals surface area contributed by atoms with Crippen LogP contribution in [-0.4, -0.2) is 24.9 Å². The number of aryl methyl sites for hydroxylation is 2. The molecule has 6 nitrogen and oxygen atoms in total. The maximum absolute atomic E-state index is 13.3. The lowest BCUT2D eigenvalue weighted by atomic mass is 10.0. The zero-order valence-electron chi connectivity index (χ0n) is 18.3. The molecule has 170 valence electrons. The number of pyridine rings is 1. The molecule has 2 N–H and O–H groups in total. The normalized spacial score (nSPS) is 11.7. The molecule has 0 atom stereocenters. The molecular weight excluding hydrogens is 441 g/mol. The number of aromatic amines is 1. The van der Waals surface area contributed by atoms with Crippen molar-refractivity contribution in [1.82, 2.24) is 24.9 Å². The first-order valence-corrected chi connectivity index (χ1v) is 10.5. The molecule has 0 aliphatic heterocycles. The van der Waals surface area contributed by atoms with Gasteiger partial charge in [0.15, 0.2) is 0 Å². The summed E-state index contributed by atoms with van der Waals surface area (Å²) in [5, 5.41) is 3.22. The third kappa shape index (κ3) is 4.19. The van der Waals surface area contributed by atoms with E-state index in [4.69, 9.17) is 0 Å². The van der Waals surface area contributed by atoms with Crippen molar-refractivity contribution in [2.24, 2.45) is 0 Å². The smallest absolute Gasteiger partial charge is 0.338 e. The standard InChI is InChI=1S/C25H19F3N6/c1-14-5-6-16(11-18(14)25(26,27)28)23-31-21-10-15(2)20(12-22(21)32-23)34-24-30-9-7-19(33-24)17-4-3-8-29-13-17/h3-13H,1-2H3,(H,31,32)(H,30,33,34). The van der Waals surface area contributed by atoms with E-state index in [1.807, 2.05) is 31.2 Å². The molecular formula is C25H19F3N6. The molecule has 3 aromatic heterocycles. The highest BCUT2D eigenvalue weighted by Gasteiger charge is 2.32. The molecule has 34 heavy (non-hydrogen) atoms. The molecule has 5 rings (SSSR count). The average molecular weight is 460 g/mol. The predicted molar refractivity (Wildman–Crippen MR) is 125 cm³/mol. The quantitative estimate of drug-likeness (QED) is 0.322. The predicted octanol–water partition coefficient (Wildman–Crippen LogP) is 6.46. The lowest BCUT2D eigenvalue weighted by molar-refractivity contribution is -0.138. The van der Waals surface area contributed by atoms with Crippen LogP contribution in [0.25, 0.3) is 33.7 Å². The van der Waals surface area contributed by atoms with Gasteiger partial charge < -0.3 is 10.3 Å². The molecule has 5 aromatic rings. The lowest BCUT2D eigenvalue weighted by Crippen LogP contribution is -2.07. The summed E-state index contributed by atoms with van der Waals surface area (Å²) < 4.78 is 40.0.